The van der Waals surface area contributed by atoms with E-state index in [-0.39, 0.29) is 0 Å². The highest BCUT2D eigenvalue weighted by atomic mass is 19.1. The molecule has 1 aromatic rings. The molecule has 5 nitrogen and oxygen atoms in total. The first-order chi connectivity index (χ1) is 10.2. The third-order valence-corrected chi connectivity index (χ3v) is 2.86. The lowest BCUT2D eigenvalue weighted by molar-refractivity contribution is 0.191. The van der Waals surface area contributed by atoms with E-state index in [1.165, 1.54) is 0 Å². The summed E-state index contributed by atoms with van der Waals surface area (Å²) >= 11 is 0. The second kappa shape index (κ2) is 7.33. The summed E-state index contributed by atoms with van der Waals surface area (Å²) in [5, 5.41) is 2.92. The summed E-state index contributed by atoms with van der Waals surface area (Å²) in [6, 6.07) is 7.29. The number of ether oxygens (including phenoxy) is 1. The zero-order valence-electron chi connectivity index (χ0n) is 11.6. The molecule has 5 N–H and O–H groups in total. The third kappa shape index (κ3) is 5.18. The van der Waals surface area contributed by atoms with Gasteiger partial charge in [-0.15, -0.1) is 0 Å². The van der Waals surface area contributed by atoms with Crippen LogP contribution in [0.1, 0.15) is 18.4 Å². The van der Waals surface area contributed by atoms with Gasteiger partial charge >= 0.3 is 0 Å². The highest BCUT2D eigenvalue weighted by Crippen LogP contribution is 2.23. The summed E-state index contributed by atoms with van der Waals surface area (Å²) in [6.45, 7) is -0.867. The van der Waals surface area contributed by atoms with Gasteiger partial charge in [0.05, 0.1) is 11.7 Å². The fourth-order valence-electron chi connectivity index (χ4n) is 1.64. The van der Waals surface area contributed by atoms with Crippen LogP contribution in [0.3, 0.4) is 0 Å². The minimum Gasteiger partial charge on any atom is -0.463 e. The molecule has 0 bridgehead atoms. The molecule has 0 unspecified atom stereocenters. The highest BCUT2D eigenvalue weighted by Gasteiger charge is 2.19. The molecule has 0 saturated heterocycles. The van der Waals surface area contributed by atoms with Crippen molar-refractivity contribution >= 4 is 11.5 Å². The van der Waals surface area contributed by atoms with E-state index in [1.54, 1.807) is 36.7 Å². The number of benzene rings is 1. The van der Waals surface area contributed by atoms with E-state index in [4.69, 9.17) is 16.2 Å². The Morgan fingerprint density at radius 3 is 2.95 bits per heavy atom. The van der Waals surface area contributed by atoms with E-state index in [0.717, 1.165) is 18.4 Å². The SMILES string of the molecule is NC(/C=C\N/C=C(\N)c1cccc(OCF)c1)=NC1CC1. The quantitative estimate of drug-likeness (QED) is 0.528. The van der Waals surface area contributed by atoms with Crippen LogP contribution in [0.15, 0.2) is 47.7 Å². The van der Waals surface area contributed by atoms with Crippen LogP contribution >= 0.6 is 0 Å². The average molecular weight is 290 g/mol. The Morgan fingerprint density at radius 1 is 1.43 bits per heavy atom. The molecule has 0 spiro atoms. The standard InChI is InChI=1S/C15H19FN4O/c16-10-21-13-3-1-2-11(8-13)14(17)9-19-7-6-15(18)20-12-4-5-12/h1-3,6-9,12,19H,4-5,10,17H2,(H2,18,20)/b7-6-,14-9-. The molecule has 21 heavy (non-hydrogen) atoms. The fourth-order valence-corrected chi connectivity index (χ4v) is 1.64. The van der Waals surface area contributed by atoms with Crippen molar-refractivity contribution in [1.82, 2.24) is 5.32 Å². The molecule has 0 amide bonds. The van der Waals surface area contributed by atoms with Crippen LogP contribution in [0.5, 0.6) is 5.75 Å². The maximum absolute atomic E-state index is 12.1. The monoisotopic (exact) mass is 290 g/mol. The van der Waals surface area contributed by atoms with Gasteiger partial charge in [-0.1, -0.05) is 12.1 Å². The highest BCUT2D eigenvalue weighted by molar-refractivity contribution is 5.91. The second-order valence-electron chi connectivity index (χ2n) is 4.67. The topological polar surface area (TPSA) is 85.7 Å². The Kier molecular flexibility index (Phi) is 5.20. The van der Waals surface area contributed by atoms with Gasteiger partial charge in [0.25, 0.3) is 0 Å². The lowest BCUT2D eigenvalue weighted by Gasteiger charge is -2.05. The predicted octanol–water partition coefficient (Wildman–Crippen LogP) is 1.87. The lowest BCUT2D eigenvalue weighted by Crippen LogP contribution is -2.10. The molecule has 0 heterocycles. The van der Waals surface area contributed by atoms with Crippen molar-refractivity contribution in [3.63, 3.8) is 0 Å². The van der Waals surface area contributed by atoms with E-state index in [0.29, 0.717) is 23.3 Å². The lowest BCUT2D eigenvalue weighted by atomic mass is 10.1. The number of rotatable bonds is 7. The molecule has 1 aromatic carbocycles. The van der Waals surface area contributed by atoms with Crippen molar-refractivity contribution in [2.24, 2.45) is 16.5 Å². The Labute approximate surface area is 123 Å². The van der Waals surface area contributed by atoms with Gasteiger partial charge in [0.2, 0.25) is 6.86 Å². The average Bonchev–Trinajstić information content (AvgIpc) is 3.28. The molecule has 1 fully saturated rings. The largest absolute Gasteiger partial charge is 0.463 e. The number of alkyl halides is 1. The van der Waals surface area contributed by atoms with Crippen molar-refractivity contribution in [2.45, 2.75) is 18.9 Å². The zero-order chi connectivity index (χ0) is 15.1. The van der Waals surface area contributed by atoms with Gasteiger partial charge < -0.3 is 21.5 Å². The van der Waals surface area contributed by atoms with Gasteiger partial charge in [0, 0.05) is 18.0 Å². The van der Waals surface area contributed by atoms with Gasteiger partial charge in [0.15, 0.2) is 0 Å². The second-order valence-corrected chi connectivity index (χ2v) is 4.67. The van der Waals surface area contributed by atoms with Crippen molar-refractivity contribution in [2.75, 3.05) is 6.86 Å². The van der Waals surface area contributed by atoms with Crippen molar-refractivity contribution in [3.05, 3.63) is 48.3 Å². The van der Waals surface area contributed by atoms with Crippen molar-refractivity contribution in [3.8, 4) is 5.75 Å². The third-order valence-electron chi connectivity index (χ3n) is 2.86. The van der Waals surface area contributed by atoms with Crippen molar-refractivity contribution < 1.29 is 9.13 Å². The molecule has 1 aliphatic rings. The van der Waals surface area contributed by atoms with Crippen LogP contribution in [0.2, 0.25) is 0 Å². The van der Waals surface area contributed by atoms with E-state index in [1.807, 2.05) is 6.07 Å². The predicted molar refractivity (Wildman–Crippen MR) is 82.1 cm³/mol. The molecule has 6 heteroatoms. The molecule has 0 aromatic heterocycles. The first-order valence-corrected chi connectivity index (χ1v) is 6.70. The molecule has 112 valence electrons. The number of amidine groups is 1. The van der Waals surface area contributed by atoms with Gasteiger partial charge in [-0.25, -0.2) is 4.39 Å². The molecular weight excluding hydrogens is 271 g/mol. The van der Waals surface area contributed by atoms with Crippen LogP contribution < -0.4 is 21.5 Å². The van der Waals surface area contributed by atoms with Crippen LogP contribution in [0, 0.1) is 0 Å². The number of halogens is 1. The van der Waals surface area contributed by atoms with Crippen molar-refractivity contribution in [1.29, 1.82) is 0 Å². The maximum Gasteiger partial charge on any atom is 0.228 e. The number of nitrogens with two attached hydrogens (primary N) is 2. The summed E-state index contributed by atoms with van der Waals surface area (Å²) in [5.74, 6) is 0.929. The number of hydrogen-bond donors (Lipinski definition) is 3. The van der Waals surface area contributed by atoms with E-state index < -0.39 is 6.86 Å². The minimum absolute atomic E-state index is 0.397. The summed E-state index contributed by atoms with van der Waals surface area (Å²) < 4.78 is 16.9. The first-order valence-electron chi connectivity index (χ1n) is 6.70. The summed E-state index contributed by atoms with van der Waals surface area (Å²) in [5.41, 5.74) is 12.9. The Balaban J connectivity index is 1.90. The Hall–Kier alpha value is -2.50. The Morgan fingerprint density at radius 2 is 2.24 bits per heavy atom. The normalized spacial score (nSPS) is 16.2. The summed E-state index contributed by atoms with van der Waals surface area (Å²) in [4.78, 5) is 4.26. The molecule has 0 aliphatic heterocycles. The molecule has 0 radical (unpaired) electrons. The number of aliphatic imine (C=N–C) groups is 1. The number of nitrogens with zero attached hydrogens (tertiary/aromatic N) is 1. The van der Waals surface area contributed by atoms with Gasteiger partial charge in [-0.05, 0) is 31.1 Å². The number of hydrogen-bond acceptors (Lipinski definition) is 4. The summed E-state index contributed by atoms with van der Waals surface area (Å²) in [7, 11) is 0. The maximum atomic E-state index is 12.1. The smallest absolute Gasteiger partial charge is 0.228 e. The molecular formula is C15H19FN4O. The minimum atomic E-state index is -0.867. The Bertz CT molecular complexity index is 565. The first kappa shape index (κ1) is 14.9. The fraction of sp³-hybridized carbons (Fsp3) is 0.267. The van der Waals surface area contributed by atoms with Crippen LogP contribution in [-0.2, 0) is 0 Å². The van der Waals surface area contributed by atoms with Gasteiger partial charge in [-0.3, -0.25) is 4.99 Å². The zero-order valence-corrected chi connectivity index (χ0v) is 11.6. The molecule has 1 saturated carbocycles. The van der Waals surface area contributed by atoms with E-state index in [9.17, 15) is 4.39 Å². The van der Waals surface area contributed by atoms with Gasteiger partial charge in [0.1, 0.15) is 11.6 Å². The van der Waals surface area contributed by atoms with Crippen LogP contribution in [-0.4, -0.2) is 18.7 Å². The van der Waals surface area contributed by atoms with E-state index >= 15 is 0 Å². The molecule has 0 atom stereocenters. The number of nitrogens with one attached hydrogen (secondary N) is 1. The van der Waals surface area contributed by atoms with Crippen LogP contribution in [0.4, 0.5) is 4.39 Å². The molecule has 1 aliphatic carbocycles. The van der Waals surface area contributed by atoms with Crippen LogP contribution in [0.25, 0.3) is 5.70 Å². The van der Waals surface area contributed by atoms with E-state index in [2.05, 4.69) is 10.3 Å². The summed E-state index contributed by atoms with van der Waals surface area (Å²) in [6.07, 6.45) is 7.20. The molecule has 2 rings (SSSR count). The van der Waals surface area contributed by atoms with Gasteiger partial charge in [-0.2, -0.15) is 0 Å².